The summed E-state index contributed by atoms with van der Waals surface area (Å²) in [5, 5.41) is 0.840. The van der Waals surface area contributed by atoms with Gasteiger partial charge in [-0.15, -0.1) is 12.4 Å². The van der Waals surface area contributed by atoms with E-state index in [1.807, 2.05) is 12.1 Å². The van der Waals surface area contributed by atoms with Gasteiger partial charge >= 0.3 is 0 Å². The van der Waals surface area contributed by atoms with Gasteiger partial charge in [0, 0.05) is 16.6 Å². The number of rotatable bonds is 3. The fraction of sp³-hybridized carbons (Fsp3) is 0.571. The minimum atomic E-state index is 0. The van der Waals surface area contributed by atoms with Gasteiger partial charge in [-0.05, 0) is 56.8 Å². The molecule has 1 nitrogen and oxygen atoms in total. The average Bonchev–Trinajstić information content (AvgIpc) is 3.02. The van der Waals surface area contributed by atoms with Gasteiger partial charge in [0.15, 0.2) is 0 Å². The van der Waals surface area contributed by atoms with Gasteiger partial charge < -0.3 is 0 Å². The van der Waals surface area contributed by atoms with Crippen molar-refractivity contribution >= 4 is 24.0 Å². The van der Waals surface area contributed by atoms with Gasteiger partial charge in [0.2, 0.25) is 0 Å². The monoisotopic (exact) mass is 271 g/mol. The number of hydrogen-bond acceptors (Lipinski definition) is 1. The van der Waals surface area contributed by atoms with Crippen molar-refractivity contribution in [2.75, 3.05) is 7.05 Å². The molecule has 0 heterocycles. The zero-order chi connectivity index (χ0) is 11.2. The maximum atomic E-state index is 5.96. The van der Waals surface area contributed by atoms with E-state index < -0.39 is 0 Å². The van der Waals surface area contributed by atoms with Crippen molar-refractivity contribution in [3.63, 3.8) is 0 Å². The highest BCUT2D eigenvalue weighted by Gasteiger charge is 2.47. The van der Waals surface area contributed by atoms with Crippen molar-refractivity contribution in [1.29, 1.82) is 0 Å². The molecule has 0 radical (unpaired) electrons. The topological polar surface area (TPSA) is 3.24 Å². The minimum Gasteiger partial charge on any atom is -0.294 e. The Morgan fingerprint density at radius 1 is 1.18 bits per heavy atom. The smallest absolute Gasteiger partial charge is 0.0460 e. The minimum absolute atomic E-state index is 0. The summed E-state index contributed by atoms with van der Waals surface area (Å²) in [5.74, 6) is 0. The molecule has 0 atom stereocenters. The molecule has 17 heavy (non-hydrogen) atoms. The van der Waals surface area contributed by atoms with Crippen molar-refractivity contribution in [2.24, 2.45) is 0 Å². The van der Waals surface area contributed by atoms with Gasteiger partial charge in [0.1, 0.15) is 0 Å². The van der Waals surface area contributed by atoms with E-state index >= 15 is 0 Å². The zero-order valence-electron chi connectivity index (χ0n) is 10.2. The Labute approximate surface area is 115 Å². The van der Waals surface area contributed by atoms with Crippen LogP contribution in [0.2, 0.25) is 5.02 Å². The van der Waals surface area contributed by atoms with E-state index in [1.165, 1.54) is 37.7 Å². The van der Waals surface area contributed by atoms with Gasteiger partial charge in [0.05, 0.1) is 0 Å². The number of halogens is 2. The van der Waals surface area contributed by atoms with Crippen LogP contribution in [-0.2, 0) is 5.54 Å². The molecule has 1 aromatic rings. The first kappa shape index (κ1) is 13.2. The van der Waals surface area contributed by atoms with Gasteiger partial charge in [-0.3, -0.25) is 4.90 Å². The first-order valence-electron chi connectivity index (χ1n) is 6.21. The number of hydrogen-bond donors (Lipinski definition) is 0. The molecule has 0 aromatic heterocycles. The summed E-state index contributed by atoms with van der Waals surface area (Å²) in [5.41, 5.74) is 1.78. The lowest BCUT2D eigenvalue weighted by molar-refractivity contribution is 0.0276. The van der Waals surface area contributed by atoms with Crippen LogP contribution in [0.4, 0.5) is 0 Å². The van der Waals surface area contributed by atoms with E-state index in [2.05, 4.69) is 24.1 Å². The predicted molar refractivity (Wildman–Crippen MR) is 75.0 cm³/mol. The zero-order valence-corrected chi connectivity index (χ0v) is 11.7. The highest BCUT2D eigenvalue weighted by Crippen LogP contribution is 2.49. The summed E-state index contributed by atoms with van der Waals surface area (Å²) in [4.78, 5) is 2.61. The molecule has 3 heteroatoms. The van der Waals surface area contributed by atoms with Crippen LogP contribution in [0.1, 0.15) is 37.7 Å². The molecule has 0 aliphatic heterocycles. The highest BCUT2D eigenvalue weighted by molar-refractivity contribution is 6.30. The standard InChI is InChI=1S/C14H18ClN.ClH/c1-16(13-7-8-13)14(9-2-10-14)11-3-5-12(15)6-4-11;/h3-6,13H,2,7-10H2,1H3;1H. The second-order valence-corrected chi connectivity index (χ2v) is 5.67. The molecular weight excluding hydrogens is 253 g/mol. The van der Waals surface area contributed by atoms with Gasteiger partial charge in [0.25, 0.3) is 0 Å². The summed E-state index contributed by atoms with van der Waals surface area (Å²) < 4.78 is 0. The quantitative estimate of drug-likeness (QED) is 0.795. The molecule has 0 amide bonds. The van der Waals surface area contributed by atoms with E-state index in [1.54, 1.807) is 0 Å². The second-order valence-electron chi connectivity index (χ2n) is 5.23. The summed E-state index contributed by atoms with van der Waals surface area (Å²) in [6.45, 7) is 0. The first-order valence-corrected chi connectivity index (χ1v) is 6.59. The molecule has 3 rings (SSSR count). The Bertz CT molecular complexity index is 380. The largest absolute Gasteiger partial charge is 0.294 e. The third-order valence-corrected chi connectivity index (χ3v) is 4.58. The molecule has 2 aliphatic carbocycles. The van der Waals surface area contributed by atoms with Crippen molar-refractivity contribution in [1.82, 2.24) is 4.90 Å². The third-order valence-electron chi connectivity index (χ3n) is 4.33. The Morgan fingerprint density at radius 3 is 2.18 bits per heavy atom. The molecule has 2 fully saturated rings. The predicted octanol–water partition coefficient (Wildman–Crippen LogP) is 4.24. The van der Waals surface area contributed by atoms with Crippen LogP contribution in [0.5, 0.6) is 0 Å². The van der Waals surface area contributed by atoms with E-state index in [0.29, 0.717) is 5.54 Å². The molecular formula is C14H19Cl2N. The van der Waals surface area contributed by atoms with Crippen LogP contribution in [0.15, 0.2) is 24.3 Å². The lowest BCUT2D eigenvalue weighted by atomic mass is 9.70. The summed E-state index contributed by atoms with van der Waals surface area (Å²) in [7, 11) is 2.30. The van der Waals surface area contributed by atoms with E-state index in [-0.39, 0.29) is 12.4 Å². The Morgan fingerprint density at radius 2 is 1.76 bits per heavy atom. The van der Waals surface area contributed by atoms with Gasteiger partial charge in [-0.2, -0.15) is 0 Å². The van der Waals surface area contributed by atoms with Crippen molar-refractivity contribution < 1.29 is 0 Å². The summed E-state index contributed by atoms with van der Waals surface area (Å²) >= 11 is 5.96. The molecule has 94 valence electrons. The normalized spacial score (nSPS) is 21.8. The molecule has 2 aliphatic rings. The molecule has 0 bridgehead atoms. The summed E-state index contributed by atoms with van der Waals surface area (Å²) in [6.07, 6.45) is 6.74. The molecule has 0 saturated heterocycles. The van der Waals surface area contributed by atoms with Crippen LogP contribution in [0.3, 0.4) is 0 Å². The van der Waals surface area contributed by atoms with Crippen molar-refractivity contribution in [3.8, 4) is 0 Å². The molecule has 0 unspecified atom stereocenters. The SMILES string of the molecule is CN(C1CC1)C1(c2ccc(Cl)cc2)CCC1.Cl. The molecule has 1 aromatic carbocycles. The van der Waals surface area contributed by atoms with Crippen molar-refractivity contribution in [2.45, 2.75) is 43.7 Å². The van der Waals surface area contributed by atoms with E-state index in [0.717, 1.165) is 11.1 Å². The van der Waals surface area contributed by atoms with Crippen LogP contribution < -0.4 is 0 Å². The van der Waals surface area contributed by atoms with E-state index in [9.17, 15) is 0 Å². The first-order chi connectivity index (χ1) is 7.72. The highest BCUT2D eigenvalue weighted by atomic mass is 35.5. The number of nitrogens with zero attached hydrogens (tertiary/aromatic N) is 1. The average molecular weight is 272 g/mol. The van der Waals surface area contributed by atoms with E-state index in [4.69, 9.17) is 11.6 Å². The Balaban J connectivity index is 0.00000108. The molecule has 0 spiro atoms. The third kappa shape index (κ3) is 2.21. The lowest BCUT2D eigenvalue weighted by Crippen LogP contribution is -2.50. The van der Waals surface area contributed by atoms with Crippen LogP contribution >= 0.6 is 24.0 Å². The van der Waals surface area contributed by atoms with Crippen LogP contribution in [0, 0.1) is 0 Å². The van der Waals surface area contributed by atoms with Crippen LogP contribution in [0.25, 0.3) is 0 Å². The second kappa shape index (κ2) is 4.79. The van der Waals surface area contributed by atoms with Crippen molar-refractivity contribution in [3.05, 3.63) is 34.9 Å². The Kier molecular flexibility index (Phi) is 3.72. The van der Waals surface area contributed by atoms with Gasteiger partial charge in [-0.25, -0.2) is 0 Å². The lowest BCUT2D eigenvalue weighted by Gasteiger charge is -2.49. The summed E-state index contributed by atoms with van der Waals surface area (Å²) in [6, 6.07) is 9.30. The maximum Gasteiger partial charge on any atom is 0.0460 e. The number of benzene rings is 1. The molecule has 2 saturated carbocycles. The maximum absolute atomic E-state index is 5.96. The molecule has 0 N–H and O–H groups in total. The fourth-order valence-corrected chi connectivity index (χ4v) is 3.05. The van der Waals surface area contributed by atoms with Crippen LogP contribution in [-0.4, -0.2) is 18.0 Å². The fourth-order valence-electron chi connectivity index (χ4n) is 2.93. The Hall–Kier alpha value is -0.240. The van der Waals surface area contributed by atoms with Gasteiger partial charge in [-0.1, -0.05) is 23.7 Å².